The first-order valence-electron chi connectivity index (χ1n) is 3.39. The van der Waals surface area contributed by atoms with Crippen LogP contribution in [0.2, 0.25) is 0 Å². The summed E-state index contributed by atoms with van der Waals surface area (Å²) in [6.07, 6.45) is 4.47. The van der Waals surface area contributed by atoms with Crippen molar-refractivity contribution in [1.82, 2.24) is 0 Å². The maximum absolute atomic E-state index is 10.5. The largest absolute Gasteiger partial charge is 0.511 e. The average Bonchev–Trinajstić information content (AvgIpc) is 2.10. The van der Waals surface area contributed by atoms with Gasteiger partial charge in [0.25, 0.3) is 0 Å². The molecule has 12 heavy (non-hydrogen) atoms. The molecule has 0 spiro atoms. The number of aliphatic hydroxyl groups excluding tert-OH is 1. The fraction of sp³-hybridized carbons (Fsp3) is 0.125. The van der Waals surface area contributed by atoms with Crippen LogP contribution in [0.15, 0.2) is 35.3 Å². The van der Waals surface area contributed by atoms with Crippen LogP contribution in [-0.2, 0) is 4.79 Å². The molecule has 0 unspecified atom stereocenters. The fourth-order valence-electron chi connectivity index (χ4n) is 0.906. The van der Waals surface area contributed by atoms with Gasteiger partial charge in [-0.2, -0.15) is 0 Å². The minimum atomic E-state index is -1.15. The number of rotatable bonds is 1. The molecule has 1 rings (SSSR count). The van der Waals surface area contributed by atoms with Gasteiger partial charge in [0.05, 0.1) is 5.57 Å². The Bertz CT molecular complexity index is 299. The van der Waals surface area contributed by atoms with Gasteiger partial charge in [0.15, 0.2) is 0 Å². The zero-order chi connectivity index (χ0) is 9.14. The lowest BCUT2D eigenvalue weighted by Crippen LogP contribution is -2.04. The predicted octanol–water partition coefficient (Wildman–Crippen LogP) is 0.686. The van der Waals surface area contributed by atoms with Crippen molar-refractivity contribution >= 4 is 5.97 Å². The molecular formula is C8H9NO3. The lowest BCUT2D eigenvalue weighted by atomic mass is 10.2. The number of aliphatic carboxylic acids is 1. The first-order chi connectivity index (χ1) is 5.61. The van der Waals surface area contributed by atoms with E-state index in [0.29, 0.717) is 5.70 Å². The molecule has 0 aliphatic heterocycles. The van der Waals surface area contributed by atoms with Crippen molar-refractivity contribution in [2.75, 3.05) is 0 Å². The van der Waals surface area contributed by atoms with E-state index in [9.17, 15) is 9.90 Å². The second-order valence-electron chi connectivity index (χ2n) is 2.44. The van der Waals surface area contributed by atoms with Gasteiger partial charge in [0.2, 0.25) is 0 Å². The molecule has 0 saturated carbocycles. The third-order valence-electron chi connectivity index (χ3n) is 1.49. The summed E-state index contributed by atoms with van der Waals surface area (Å²) >= 11 is 0. The Kier molecular flexibility index (Phi) is 2.19. The molecule has 4 N–H and O–H groups in total. The first kappa shape index (κ1) is 8.39. The number of carboxylic acid groups (broad SMARTS) is 1. The smallest absolute Gasteiger partial charge is 0.339 e. The van der Waals surface area contributed by atoms with E-state index >= 15 is 0 Å². The molecular weight excluding hydrogens is 158 g/mol. The fourth-order valence-corrected chi connectivity index (χ4v) is 0.906. The zero-order valence-electron chi connectivity index (χ0n) is 6.32. The van der Waals surface area contributed by atoms with Crippen LogP contribution in [0.3, 0.4) is 0 Å². The summed E-state index contributed by atoms with van der Waals surface area (Å²) in [6, 6.07) is 0. The van der Waals surface area contributed by atoms with E-state index in [4.69, 9.17) is 10.8 Å². The summed E-state index contributed by atoms with van der Waals surface area (Å²) in [5.41, 5.74) is 5.75. The highest BCUT2D eigenvalue weighted by atomic mass is 16.4. The van der Waals surface area contributed by atoms with Crippen molar-refractivity contribution in [2.45, 2.75) is 6.42 Å². The Morgan fingerprint density at radius 2 is 2.25 bits per heavy atom. The molecule has 0 atom stereocenters. The van der Waals surface area contributed by atoms with Crippen LogP contribution in [0.4, 0.5) is 0 Å². The number of hydrogen-bond acceptors (Lipinski definition) is 3. The van der Waals surface area contributed by atoms with Crippen molar-refractivity contribution in [3.05, 3.63) is 35.3 Å². The van der Waals surface area contributed by atoms with Gasteiger partial charge in [-0.3, -0.25) is 0 Å². The summed E-state index contributed by atoms with van der Waals surface area (Å²) < 4.78 is 0. The van der Waals surface area contributed by atoms with E-state index in [0.717, 1.165) is 0 Å². The highest BCUT2D eigenvalue weighted by Crippen LogP contribution is 2.14. The van der Waals surface area contributed by atoms with Gasteiger partial charge in [-0.25, -0.2) is 4.79 Å². The quantitative estimate of drug-likeness (QED) is 0.536. The van der Waals surface area contributed by atoms with Gasteiger partial charge in [0.1, 0.15) is 5.76 Å². The summed E-state index contributed by atoms with van der Waals surface area (Å²) in [7, 11) is 0. The highest BCUT2D eigenvalue weighted by Gasteiger charge is 2.12. The third kappa shape index (κ3) is 1.66. The Morgan fingerprint density at radius 1 is 1.58 bits per heavy atom. The molecule has 0 heterocycles. The summed E-state index contributed by atoms with van der Waals surface area (Å²) in [4.78, 5) is 10.5. The van der Waals surface area contributed by atoms with E-state index in [1.165, 1.54) is 12.2 Å². The molecule has 0 bridgehead atoms. The van der Waals surface area contributed by atoms with Crippen LogP contribution < -0.4 is 5.73 Å². The Morgan fingerprint density at radius 3 is 2.83 bits per heavy atom. The number of aliphatic hydroxyl groups is 1. The summed E-state index contributed by atoms with van der Waals surface area (Å²) in [5.74, 6) is -1.35. The molecule has 0 amide bonds. The predicted molar refractivity (Wildman–Crippen MR) is 43.3 cm³/mol. The van der Waals surface area contributed by atoms with Crippen LogP contribution in [-0.4, -0.2) is 16.2 Å². The van der Waals surface area contributed by atoms with Gasteiger partial charge in [-0.1, -0.05) is 6.08 Å². The SMILES string of the molecule is NC1=CC=CC(C(=O)O)=C(O)C1. The lowest BCUT2D eigenvalue weighted by molar-refractivity contribution is -0.132. The highest BCUT2D eigenvalue weighted by molar-refractivity contribution is 5.90. The van der Waals surface area contributed by atoms with E-state index in [2.05, 4.69) is 0 Å². The minimum Gasteiger partial charge on any atom is -0.511 e. The van der Waals surface area contributed by atoms with Gasteiger partial charge < -0.3 is 15.9 Å². The van der Waals surface area contributed by atoms with Crippen LogP contribution in [0.25, 0.3) is 0 Å². The van der Waals surface area contributed by atoms with Crippen molar-refractivity contribution in [3.8, 4) is 0 Å². The molecule has 0 aromatic carbocycles. The Hall–Kier alpha value is -1.71. The van der Waals surface area contributed by atoms with E-state index in [1.807, 2.05) is 0 Å². The number of carboxylic acids is 1. The van der Waals surface area contributed by atoms with Crippen LogP contribution in [0.5, 0.6) is 0 Å². The second-order valence-corrected chi connectivity index (χ2v) is 2.44. The number of carbonyl (C=O) groups is 1. The monoisotopic (exact) mass is 167 g/mol. The van der Waals surface area contributed by atoms with Gasteiger partial charge >= 0.3 is 5.97 Å². The van der Waals surface area contributed by atoms with Gasteiger partial charge in [-0.05, 0) is 12.2 Å². The van der Waals surface area contributed by atoms with Crippen LogP contribution in [0, 0.1) is 0 Å². The molecule has 1 aliphatic rings. The lowest BCUT2D eigenvalue weighted by Gasteiger charge is -2.00. The first-order valence-corrected chi connectivity index (χ1v) is 3.39. The van der Waals surface area contributed by atoms with Crippen molar-refractivity contribution in [2.24, 2.45) is 5.73 Å². The Balaban J connectivity index is 3.02. The number of allylic oxidation sites excluding steroid dienone is 2. The minimum absolute atomic E-state index is 0.0919. The normalized spacial score (nSPS) is 17.2. The molecule has 0 aromatic heterocycles. The molecule has 64 valence electrons. The van der Waals surface area contributed by atoms with E-state index in [1.54, 1.807) is 6.08 Å². The molecule has 1 aliphatic carbocycles. The second kappa shape index (κ2) is 3.13. The standard InChI is InChI=1S/C8H9NO3/c9-5-2-1-3-6(8(11)12)7(10)4-5/h1-3,10H,4,9H2,(H,11,12). The van der Waals surface area contributed by atoms with Crippen molar-refractivity contribution in [3.63, 3.8) is 0 Å². The van der Waals surface area contributed by atoms with E-state index < -0.39 is 5.97 Å². The van der Waals surface area contributed by atoms with E-state index in [-0.39, 0.29) is 17.8 Å². The Labute approximate surface area is 69.3 Å². The maximum atomic E-state index is 10.5. The molecule has 0 saturated heterocycles. The third-order valence-corrected chi connectivity index (χ3v) is 1.49. The van der Waals surface area contributed by atoms with Gasteiger partial charge in [-0.15, -0.1) is 0 Å². The van der Waals surface area contributed by atoms with Crippen molar-refractivity contribution < 1.29 is 15.0 Å². The summed E-state index contributed by atoms with van der Waals surface area (Å²) in [6.45, 7) is 0. The average molecular weight is 167 g/mol. The number of hydrogen-bond donors (Lipinski definition) is 3. The molecule has 0 aromatic rings. The number of nitrogens with two attached hydrogens (primary N) is 1. The van der Waals surface area contributed by atoms with Crippen molar-refractivity contribution in [1.29, 1.82) is 0 Å². The molecule has 4 nitrogen and oxygen atoms in total. The molecule has 0 radical (unpaired) electrons. The maximum Gasteiger partial charge on any atom is 0.339 e. The summed E-state index contributed by atoms with van der Waals surface area (Å²) in [5, 5.41) is 17.8. The molecule has 4 heteroatoms. The van der Waals surface area contributed by atoms with Crippen LogP contribution in [0.1, 0.15) is 6.42 Å². The van der Waals surface area contributed by atoms with Crippen LogP contribution >= 0.6 is 0 Å². The molecule has 0 fully saturated rings. The zero-order valence-corrected chi connectivity index (χ0v) is 6.32. The topological polar surface area (TPSA) is 83.6 Å². The van der Waals surface area contributed by atoms with Gasteiger partial charge in [0, 0.05) is 12.1 Å².